The summed E-state index contributed by atoms with van der Waals surface area (Å²) in [4.78, 5) is 26.1. The zero-order valence-electron chi connectivity index (χ0n) is 12.0. The van der Waals surface area contributed by atoms with E-state index in [2.05, 4.69) is 5.32 Å². The van der Waals surface area contributed by atoms with Crippen molar-refractivity contribution in [1.29, 1.82) is 0 Å². The smallest absolute Gasteiger partial charge is 0.253 e. The fraction of sp³-hybridized carbons (Fsp3) is 0.467. The second-order valence-corrected chi connectivity index (χ2v) is 6.05. The van der Waals surface area contributed by atoms with Crippen molar-refractivity contribution in [2.75, 3.05) is 26.2 Å². The first-order valence-electron chi connectivity index (χ1n) is 7.16. The number of nitrogens with one attached hydrogen (secondary N) is 1. The Morgan fingerprint density at radius 3 is 2.77 bits per heavy atom. The Balaban J connectivity index is 2.03. The highest BCUT2D eigenvalue weighted by Crippen LogP contribution is 2.25. The van der Waals surface area contributed by atoms with Crippen LogP contribution in [0, 0.1) is 5.92 Å². The topological polar surface area (TPSA) is 69.6 Å². The second kappa shape index (κ2) is 7.81. The van der Waals surface area contributed by atoms with E-state index in [1.807, 2.05) is 0 Å². The summed E-state index contributed by atoms with van der Waals surface area (Å²) in [5, 5.41) is 12.1. The third kappa shape index (κ3) is 4.12. The average molecular weight is 345 g/mol. The summed E-state index contributed by atoms with van der Waals surface area (Å²) in [6, 6.07) is 4.76. The zero-order valence-corrected chi connectivity index (χ0v) is 13.5. The standard InChI is InChI=1S/C15H18Cl2N2O3/c16-12-4-3-10(8-13(12)17)15(22)19-6-1-2-11(9-19)14(21)18-5-7-20/h3-4,8,11,20H,1-2,5-7,9H2,(H,18,21). The van der Waals surface area contributed by atoms with Gasteiger partial charge in [0.15, 0.2) is 0 Å². The van der Waals surface area contributed by atoms with E-state index in [0.717, 1.165) is 12.8 Å². The number of rotatable bonds is 4. The van der Waals surface area contributed by atoms with E-state index >= 15 is 0 Å². The van der Waals surface area contributed by atoms with E-state index in [0.29, 0.717) is 28.7 Å². The fourth-order valence-corrected chi connectivity index (χ4v) is 2.81. The normalized spacial score (nSPS) is 18.1. The molecule has 2 amide bonds. The summed E-state index contributed by atoms with van der Waals surface area (Å²) in [6.07, 6.45) is 1.51. The number of carbonyl (C=O) groups is 2. The third-order valence-corrected chi connectivity index (χ3v) is 4.40. The molecule has 5 nitrogen and oxygen atoms in total. The molecule has 1 saturated heterocycles. The Morgan fingerprint density at radius 1 is 1.32 bits per heavy atom. The van der Waals surface area contributed by atoms with Crippen molar-refractivity contribution in [3.05, 3.63) is 33.8 Å². The van der Waals surface area contributed by atoms with Gasteiger partial charge in [-0.3, -0.25) is 9.59 Å². The first-order valence-corrected chi connectivity index (χ1v) is 7.91. The van der Waals surface area contributed by atoms with Gasteiger partial charge in [-0.1, -0.05) is 23.2 Å². The van der Waals surface area contributed by atoms with Crippen molar-refractivity contribution >= 4 is 35.0 Å². The number of aliphatic hydroxyl groups is 1. The van der Waals surface area contributed by atoms with Gasteiger partial charge in [-0.2, -0.15) is 0 Å². The van der Waals surface area contributed by atoms with Gasteiger partial charge in [-0.15, -0.1) is 0 Å². The number of nitrogens with zero attached hydrogens (tertiary/aromatic N) is 1. The lowest BCUT2D eigenvalue weighted by atomic mass is 9.96. The summed E-state index contributed by atoms with van der Waals surface area (Å²) >= 11 is 11.8. The van der Waals surface area contributed by atoms with Crippen molar-refractivity contribution in [2.24, 2.45) is 5.92 Å². The van der Waals surface area contributed by atoms with Crippen LogP contribution in [0.25, 0.3) is 0 Å². The molecule has 22 heavy (non-hydrogen) atoms. The number of likely N-dealkylation sites (tertiary alicyclic amines) is 1. The van der Waals surface area contributed by atoms with Crippen molar-refractivity contribution in [3.63, 3.8) is 0 Å². The molecule has 1 aliphatic heterocycles. The number of aliphatic hydroxyl groups excluding tert-OH is 1. The molecule has 0 radical (unpaired) electrons. The zero-order chi connectivity index (χ0) is 16.1. The molecule has 1 unspecified atom stereocenters. The fourth-order valence-electron chi connectivity index (χ4n) is 2.51. The maximum absolute atomic E-state index is 12.5. The predicted molar refractivity (Wildman–Crippen MR) is 85.2 cm³/mol. The molecule has 7 heteroatoms. The van der Waals surface area contributed by atoms with Gasteiger partial charge < -0.3 is 15.3 Å². The lowest BCUT2D eigenvalue weighted by Gasteiger charge is -2.32. The SMILES string of the molecule is O=C(NCCO)C1CCCN(C(=O)c2ccc(Cl)c(Cl)c2)C1. The van der Waals surface area contributed by atoms with E-state index in [4.69, 9.17) is 28.3 Å². The number of hydrogen-bond donors (Lipinski definition) is 2. The molecule has 1 heterocycles. The molecule has 0 aromatic heterocycles. The number of carbonyl (C=O) groups excluding carboxylic acids is 2. The van der Waals surface area contributed by atoms with Crippen LogP contribution in [0.2, 0.25) is 10.0 Å². The maximum Gasteiger partial charge on any atom is 0.253 e. The van der Waals surface area contributed by atoms with E-state index in [1.165, 1.54) is 0 Å². The largest absolute Gasteiger partial charge is 0.395 e. The number of halogens is 2. The highest BCUT2D eigenvalue weighted by atomic mass is 35.5. The van der Waals surface area contributed by atoms with Crippen LogP contribution in [0.3, 0.4) is 0 Å². The van der Waals surface area contributed by atoms with E-state index in [1.54, 1.807) is 23.1 Å². The molecule has 0 saturated carbocycles. The quantitative estimate of drug-likeness (QED) is 0.876. The van der Waals surface area contributed by atoms with Crippen LogP contribution in [-0.4, -0.2) is 48.1 Å². The Labute approximate surface area is 139 Å². The lowest BCUT2D eigenvalue weighted by Crippen LogP contribution is -2.45. The lowest BCUT2D eigenvalue weighted by molar-refractivity contribution is -0.126. The van der Waals surface area contributed by atoms with E-state index in [9.17, 15) is 9.59 Å². The summed E-state index contributed by atoms with van der Waals surface area (Å²) in [5.74, 6) is -0.522. The first-order chi connectivity index (χ1) is 10.5. The average Bonchev–Trinajstić information content (AvgIpc) is 2.54. The Hall–Kier alpha value is -1.30. The molecule has 1 fully saturated rings. The molecule has 120 valence electrons. The number of benzene rings is 1. The second-order valence-electron chi connectivity index (χ2n) is 5.23. The highest BCUT2D eigenvalue weighted by molar-refractivity contribution is 6.42. The van der Waals surface area contributed by atoms with Crippen LogP contribution >= 0.6 is 23.2 Å². The van der Waals surface area contributed by atoms with Gasteiger partial charge in [0.2, 0.25) is 5.91 Å². The van der Waals surface area contributed by atoms with Crippen LogP contribution in [0.4, 0.5) is 0 Å². The van der Waals surface area contributed by atoms with Crippen molar-refractivity contribution in [3.8, 4) is 0 Å². The Morgan fingerprint density at radius 2 is 2.09 bits per heavy atom. The molecule has 2 N–H and O–H groups in total. The number of piperidine rings is 1. The maximum atomic E-state index is 12.5. The summed E-state index contributed by atoms with van der Waals surface area (Å²) in [5.41, 5.74) is 0.464. The summed E-state index contributed by atoms with van der Waals surface area (Å²) < 4.78 is 0. The molecule has 1 aromatic rings. The molecule has 0 aliphatic carbocycles. The van der Waals surface area contributed by atoms with Gasteiger partial charge in [0, 0.05) is 25.2 Å². The Kier molecular flexibility index (Phi) is 6.06. The minimum absolute atomic E-state index is 0.0929. The molecule has 1 aliphatic rings. The van der Waals surface area contributed by atoms with Gasteiger partial charge in [-0.05, 0) is 31.0 Å². The minimum Gasteiger partial charge on any atom is -0.395 e. The monoisotopic (exact) mass is 344 g/mol. The van der Waals surface area contributed by atoms with Gasteiger partial charge in [-0.25, -0.2) is 0 Å². The van der Waals surface area contributed by atoms with Crippen molar-refractivity contribution in [2.45, 2.75) is 12.8 Å². The summed E-state index contributed by atoms with van der Waals surface area (Å²) in [7, 11) is 0. The Bertz CT molecular complexity index is 566. The number of amides is 2. The number of hydrogen-bond acceptors (Lipinski definition) is 3. The predicted octanol–water partition coefficient (Wildman–Crippen LogP) is 1.95. The molecular weight excluding hydrogens is 327 g/mol. The van der Waals surface area contributed by atoms with Crippen molar-refractivity contribution in [1.82, 2.24) is 10.2 Å². The molecule has 0 bridgehead atoms. The van der Waals surface area contributed by atoms with Crippen LogP contribution in [0.5, 0.6) is 0 Å². The van der Waals surface area contributed by atoms with Crippen molar-refractivity contribution < 1.29 is 14.7 Å². The molecule has 2 rings (SSSR count). The minimum atomic E-state index is -0.243. The van der Waals surface area contributed by atoms with Gasteiger partial charge >= 0.3 is 0 Å². The highest BCUT2D eigenvalue weighted by Gasteiger charge is 2.28. The molecule has 1 aromatic carbocycles. The summed E-state index contributed by atoms with van der Waals surface area (Å²) in [6.45, 7) is 1.12. The third-order valence-electron chi connectivity index (χ3n) is 3.66. The van der Waals surface area contributed by atoms with Crippen LogP contribution in [0.1, 0.15) is 23.2 Å². The van der Waals surface area contributed by atoms with Crippen LogP contribution < -0.4 is 5.32 Å². The first kappa shape index (κ1) is 17.1. The van der Waals surface area contributed by atoms with Gasteiger partial charge in [0.25, 0.3) is 5.91 Å². The van der Waals surface area contributed by atoms with Crippen LogP contribution in [0.15, 0.2) is 18.2 Å². The molecular formula is C15H18Cl2N2O3. The van der Waals surface area contributed by atoms with Gasteiger partial charge in [0.1, 0.15) is 0 Å². The van der Waals surface area contributed by atoms with Gasteiger partial charge in [0.05, 0.1) is 22.6 Å². The van der Waals surface area contributed by atoms with E-state index < -0.39 is 0 Å². The molecule has 0 spiro atoms. The van der Waals surface area contributed by atoms with Crippen LogP contribution in [-0.2, 0) is 4.79 Å². The molecule has 1 atom stereocenters. The van der Waals surface area contributed by atoms with E-state index in [-0.39, 0.29) is 30.9 Å².